The van der Waals surface area contributed by atoms with Gasteiger partial charge in [-0.15, -0.1) is 0 Å². The second-order valence-corrected chi connectivity index (χ2v) is 8.90. The molecular formula is C25H36NO3+. The van der Waals surface area contributed by atoms with Gasteiger partial charge in [0.2, 0.25) is 0 Å². The lowest BCUT2D eigenvalue weighted by Crippen LogP contribution is -2.83. The van der Waals surface area contributed by atoms with Crippen LogP contribution in [0, 0.1) is 6.92 Å². The lowest BCUT2D eigenvalue weighted by Gasteiger charge is -2.45. The van der Waals surface area contributed by atoms with Gasteiger partial charge in [0, 0.05) is 24.0 Å². The normalized spacial score (nSPS) is 21.0. The number of benzene rings is 2. The third-order valence-electron chi connectivity index (χ3n) is 6.16. The number of hydrogen-bond donors (Lipinski definition) is 1. The number of hydrogen-bond acceptors (Lipinski definition) is 3. The summed E-state index contributed by atoms with van der Waals surface area (Å²) in [5.41, 5.74) is 4.13. The van der Waals surface area contributed by atoms with Gasteiger partial charge in [-0.1, -0.05) is 29.8 Å². The Hall–Kier alpha value is -2.04. The summed E-state index contributed by atoms with van der Waals surface area (Å²) in [4.78, 5) is 0. The van der Waals surface area contributed by atoms with E-state index >= 15 is 0 Å². The average molecular weight is 399 g/mol. The highest BCUT2D eigenvalue weighted by Crippen LogP contribution is 2.43. The van der Waals surface area contributed by atoms with E-state index in [-0.39, 0.29) is 11.0 Å². The van der Waals surface area contributed by atoms with Crippen LogP contribution in [0.3, 0.4) is 0 Å². The quantitative estimate of drug-likeness (QED) is 0.684. The Morgan fingerprint density at radius 3 is 2.38 bits per heavy atom. The van der Waals surface area contributed by atoms with E-state index in [0.29, 0.717) is 0 Å². The summed E-state index contributed by atoms with van der Waals surface area (Å²) in [6.07, 6.45) is 3.30. The lowest BCUT2D eigenvalue weighted by molar-refractivity contribution is -0.672. The molecule has 1 aliphatic rings. The van der Waals surface area contributed by atoms with Gasteiger partial charge < -0.3 is 19.5 Å². The lowest BCUT2D eigenvalue weighted by atomic mass is 9.67. The fourth-order valence-corrected chi connectivity index (χ4v) is 4.64. The molecule has 1 heterocycles. The van der Waals surface area contributed by atoms with Gasteiger partial charge in [0.15, 0.2) is 11.5 Å². The van der Waals surface area contributed by atoms with Crippen molar-refractivity contribution >= 4 is 0 Å². The van der Waals surface area contributed by atoms with E-state index in [1.165, 1.54) is 16.7 Å². The van der Waals surface area contributed by atoms with Crippen molar-refractivity contribution in [2.75, 3.05) is 27.4 Å². The first-order chi connectivity index (χ1) is 13.9. The molecule has 1 saturated heterocycles. The molecule has 0 radical (unpaired) electrons. The topological polar surface area (TPSA) is 44.3 Å². The first-order valence-electron chi connectivity index (χ1n) is 10.6. The molecule has 0 spiro atoms. The number of nitrogens with two attached hydrogens (primary N) is 1. The fourth-order valence-electron chi connectivity index (χ4n) is 4.64. The molecule has 4 heteroatoms. The molecule has 2 aromatic rings. The fraction of sp³-hybridized carbons (Fsp3) is 0.520. The summed E-state index contributed by atoms with van der Waals surface area (Å²) in [5, 5.41) is 2.40. The maximum atomic E-state index is 6.05. The molecule has 0 saturated carbocycles. The zero-order valence-electron chi connectivity index (χ0n) is 18.6. The zero-order chi connectivity index (χ0) is 20.9. The van der Waals surface area contributed by atoms with Crippen molar-refractivity contribution in [3.8, 4) is 11.5 Å². The maximum absolute atomic E-state index is 6.05. The van der Waals surface area contributed by atoms with Crippen molar-refractivity contribution in [2.45, 2.75) is 57.6 Å². The van der Waals surface area contributed by atoms with Crippen LogP contribution in [-0.2, 0) is 16.7 Å². The van der Waals surface area contributed by atoms with Gasteiger partial charge >= 0.3 is 0 Å². The minimum Gasteiger partial charge on any atom is -0.493 e. The van der Waals surface area contributed by atoms with Crippen LogP contribution >= 0.6 is 0 Å². The average Bonchev–Trinajstić information content (AvgIpc) is 2.70. The summed E-state index contributed by atoms with van der Waals surface area (Å²) in [6, 6.07) is 15.3. The second-order valence-electron chi connectivity index (χ2n) is 8.90. The third kappa shape index (κ3) is 5.31. The van der Waals surface area contributed by atoms with Crippen LogP contribution in [0.2, 0.25) is 0 Å². The summed E-state index contributed by atoms with van der Waals surface area (Å²) in [5.74, 6) is 1.57. The van der Waals surface area contributed by atoms with Crippen LogP contribution in [0.25, 0.3) is 0 Å². The molecule has 0 amide bonds. The molecule has 1 atom stereocenters. The van der Waals surface area contributed by atoms with Crippen molar-refractivity contribution in [1.29, 1.82) is 0 Å². The monoisotopic (exact) mass is 398 g/mol. The predicted molar refractivity (Wildman–Crippen MR) is 117 cm³/mol. The van der Waals surface area contributed by atoms with Gasteiger partial charge in [-0.25, -0.2) is 0 Å². The Morgan fingerprint density at radius 2 is 1.72 bits per heavy atom. The Balaban J connectivity index is 1.67. The summed E-state index contributed by atoms with van der Waals surface area (Å²) in [7, 11) is 3.35. The summed E-state index contributed by atoms with van der Waals surface area (Å²) in [6.45, 7) is 9.45. The van der Waals surface area contributed by atoms with Gasteiger partial charge in [0.1, 0.15) is 6.54 Å². The van der Waals surface area contributed by atoms with E-state index in [9.17, 15) is 0 Å². The molecule has 0 bridgehead atoms. The second kappa shape index (κ2) is 9.19. The van der Waals surface area contributed by atoms with Crippen molar-refractivity contribution in [2.24, 2.45) is 0 Å². The van der Waals surface area contributed by atoms with E-state index in [1.54, 1.807) is 14.2 Å². The molecule has 0 aliphatic carbocycles. The Kier molecular flexibility index (Phi) is 6.86. The van der Waals surface area contributed by atoms with Crippen molar-refractivity contribution in [1.82, 2.24) is 0 Å². The minimum absolute atomic E-state index is 0.0769. The SMILES string of the molecule is COc1ccc(C[NH2+]CC[C@@]2(c3ccc(C)cc3)CCOC(C)(C)C2)cc1OC. The molecular weight excluding hydrogens is 362 g/mol. The molecule has 0 aromatic heterocycles. The Bertz CT molecular complexity index is 800. The Labute approximate surface area is 175 Å². The standard InChI is InChI=1S/C25H35NO3/c1-19-6-9-21(10-7-19)25(13-15-29-24(2,3)18-25)12-14-26-17-20-8-11-22(27-4)23(16-20)28-5/h6-11,16,26H,12-15,17-18H2,1-5H3/p+1/t25-/m1/s1. The van der Waals surface area contributed by atoms with Crippen molar-refractivity contribution in [3.63, 3.8) is 0 Å². The summed E-state index contributed by atoms with van der Waals surface area (Å²) >= 11 is 0. The van der Waals surface area contributed by atoms with Gasteiger partial charge in [-0.3, -0.25) is 0 Å². The number of methoxy groups -OCH3 is 2. The van der Waals surface area contributed by atoms with Crippen molar-refractivity contribution in [3.05, 3.63) is 59.2 Å². The van der Waals surface area contributed by atoms with Gasteiger partial charge in [0.05, 0.1) is 26.4 Å². The highest BCUT2D eigenvalue weighted by molar-refractivity contribution is 5.42. The van der Waals surface area contributed by atoms with E-state index in [1.807, 2.05) is 6.07 Å². The molecule has 29 heavy (non-hydrogen) atoms. The smallest absolute Gasteiger partial charge is 0.161 e. The molecule has 2 aromatic carbocycles. The summed E-state index contributed by atoms with van der Waals surface area (Å²) < 4.78 is 16.8. The van der Waals surface area contributed by atoms with Crippen LogP contribution in [-0.4, -0.2) is 33.0 Å². The van der Waals surface area contributed by atoms with Crippen LogP contribution in [0.1, 0.15) is 49.8 Å². The molecule has 3 rings (SSSR count). The highest BCUT2D eigenvalue weighted by atomic mass is 16.5. The molecule has 0 unspecified atom stereocenters. The number of ether oxygens (including phenoxy) is 3. The van der Waals surface area contributed by atoms with Crippen LogP contribution < -0.4 is 14.8 Å². The molecule has 4 nitrogen and oxygen atoms in total. The zero-order valence-corrected chi connectivity index (χ0v) is 18.6. The predicted octanol–water partition coefficient (Wildman–Crippen LogP) is 3.99. The molecule has 1 fully saturated rings. The van der Waals surface area contributed by atoms with E-state index in [2.05, 4.69) is 62.5 Å². The number of aryl methyl sites for hydroxylation is 1. The highest BCUT2D eigenvalue weighted by Gasteiger charge is 2.42. The minimum atomic E-state index is -0.0769. The first kappa shape index (κ1) is 21.7. The van der Waals surface area contributed by atoms with Gasteiger partial charge in [0.25, 0.3) is 0 Å². The van der Waals surface area contributed by atoms with E-state index < -0.39 is 0 Å². The molecule has 1 aliphatic heterocycles. The van der Waals surface area contributed by atoms with Crippen LogP contribution in [0.5, 0.6) is 11.5 Å². The molecule has 158 valence electrons. The largest absolute Gasteiger partial charge is 0.493 e. The van der Waals surface area contributed by atoms with Crippen LogP contribution in [0.4, 0.5) is 0 Å². The van der Waals surface area contributed by atoms with Crippen molar-refractivity contribution < 1.29 is 19.5 Å². The number of quaternary nitrogens is 1. The van der Waals surface area contributed by atoms with Gasteiger partial charge in [-0.05, 0) is 57.4 Å². The van der Waals surface area contributed by atoms with E-state index in [4.69, 9.17) is 14.2 Å². The van der Waals surface area contributed by atoms with Crippen LogP contribution in [0.15, 0.2) is 42.5 Å². The molecule has 2 N–H and O–H groups in total. The third-order valence-corrected chi connectivity index (χ3v) is 6.16. The maximum Gasteiger partial charge on any atom is 0.161 e. The van der Waals surface area contributed by atoms with E-state index in [0.717, 1.165) is 50.5 Å². The van der Waals surface area contributed by atoms with Gasteiger partial charge in [-0.2, -0.15) is 0 Å². The number of rotatable bonds is 8. The Morgan fingerprint density at radius 1 is 1.00 bits per heavy atom. The first-order valence-corrected chi connectivity index (χ1v) is 10.6.